The van der Waals surface area contributed by atoms with Crippen molar-refractivity contribution in [2.75, 3.05) is 27.2 Å². The van der Waals surface area contributed by atoms with Gasteiger partial charge in [-0.15, -0.1) is 0 Å². The third-order valence-electron chi connectivity index (χ3n) is 4.27. The Hall–Kier alpha value is -2.63. The number of carbonyl (C=O) groups is 2. The van der Waals surface area contributed by atoms with E-state index in [0.717, 1.165) is 10.9 Å². The maximum absolute atomic E-state index is 13.0. The van der Waals surface area contributed by atoms with Gasteiger partial charge in [0.25, 0.3) is 5.91 Å². The van der Waals surface area contributed by atoms with Crippen LogP contribution in [0.15, 0.2) is 30.5 Å². The summed E-state index contributed by atoms with van der Waals surface area (Å²) in [6.07, 6.45) is 2.25. The van der Waals surface area contributed by atoms with Crippen LogP contribution in [0.4, 0.5) is 0 Å². The number of hydrogen-bond donors (Lipinski definition) is 1. The highest BCUT2D eigenvalue weighted by atomic mass is 16.5. The van der Waals surface area contributed by atoms with Crippen LogP contribution in [0.1, 0.15) is 16.8 Å². The molecule has 1 unspecified atom stereocenters. The number of benzene rings is 1. The Labute approximate surface area is 134 Å². The van der Waals surface area contributed by atoms with E-state index in [4.69, 9.17) is 4.74 Å². The van der Waals surface area contributed by atoms with E-state index in [1.807, 2.05) is 24.3 Å². The second kappa shape index (κ2) is 6.24. The van der Waals surface area contributed by atoms with Gasteiger partial charge in [0, 0.05) is 25.5 Å². The average molecular weight is 313 g/mol. The molecule has 1 N–H and O–H groups in total. The van der Waals surface area contributed by atoms with Crippen molar-refractivity contribution in [2.45, 2.75) is 6.42 Å². The van der Waals surface area contributed by atoms with Gasteiger partial charge in [-0.25, -0.2) is 0 Å². The number of aromatic nitrogens is 1. The van der Waals surface area contributed by atoms with E-state index < -0.39 is 0 Å². The van der Waals surface area contributed by atoms with E-state index in [1.54, 1.807) is 18.1 Å². The van der Waals surface area contributed by atoms with Gasteiger partial charge in [0.2, 0.25) is 5.91 Å². The number of carbonyl (C=O) groups excluding carboxylic acids is 2. The first-order valence-corrected chi connectivity index (χ1v) is 7.58. The summed E-state index contributed by atoms with van der Waals surface area (Å²) in [5.74, 6) is 0.166. The smallest absolute Gasteiger partial charge is 0.258 e. The number of amides is 2. The van der Waals surface area contributed by atoms with Crippen LogP contribution in [-0.2, 0) is 4.79 Å². The van der Waals surface area contributed by atoms with Gasteiger partial charge in [-0.3, -0.25) is 14.6 Å². The van der Waals surface area contributed by atoms with Crippen LogP contribution in [0, 0.1) is 5.92 Å². The lowest BCUT2D eigenvalue weighted by Crippen LogP contribution is -2.33. The van der Waals surface area contributed by atoms with Gasteiger partial charge in [-0.2, -0.15) is 0 Å². The van der Waals surface area contributed by atoms with Crippen molar-refractivity contribution in [3.63, 3.8) is 0 Å². The molecule has 6 heteroatoms. The predicted octanol–water partition coefficient (Wildman–Crippen LogP) is 1.45. The highest BCUT2D eigenvalue weighted by Gasteiger charge is 2.32. The van der Waals surface area contributed by atoms with Crippen LogP contribution in [0.5, 0.6) is 5.75 Å². The predicted molar refractivity (Wildman–Crippen MR) is 86.4 cm³/mol. The summed E-state index contributed by atoms with van der Waals surface area (Å²) >= 11 is 0. The third-order valence-corrected chi connectivity index (χ3v) is 4.27. The molecular formula is C17H19N3O3. The molecule has 2 heterocycles. The number of pyridine rings is 1. The minimum atomic E-state index is -0.150. The fourth-order valence-corrected chi connectivity index (χ4v) is 3.02. The molecule has 1 atom stereocenters. The van der Waals surface area contributed by atoms with Crippen molar-refractivity contribution in [2.24, 2.45) is 5.92 Å². The van der Waals surface area contributed by atoms with Crippen LogP contribution in [0.25, 0.3) is 10.9 Å². The number of ether oxygens (including phenoxy) is 1. The molecule has 1 aliphatic heterocycles. The molecule has 1 aromatic carbocycles. The molecule has 23 heavy (non-hydrogen) atoms. The average Bonchev–Trinajstić information content (AvgIpc) is 3.09. The molecule has 6 nitrogen and oxygen atoms in total. The lowest BCUT2D eigenvalue weighted by Gasteiger charge is -2.19. The van der Waals surface area contributed by atoms with Crippen LogP contribution < -0.4 is 10.1 Å². The Kier molecular flexibility index (Phi) is 4.14. The topological polar surface area (TPSA) is 71.5 Å². The lowest BCUT2D eigenvalue weighted by atomic mass is 10.1. The van der Waals surface area contributed by atoms with Crippen LogP contribution >= 0.6 is 0 Å². The molecule has 1 aromatic heterocycles. The van der Waals surface area contributed by atoms with Gasteiger partial charge in [-0.05, 0) is 12.5 Å². The standard InChI is InChI=1S/C17H19N3O3/c1-18-16(21)11-7-8-20(10-11)17(22)15-12-5-3-4-6-13(12)19-9-14(15)23-2/h3-6,9,11H,7-8,10H2,1-2H3,(H,18,21). The molecule has 0 radical (unpaired) electrons. The van der Waals surface area contributed by atoms with E-state index in [1.165, 1.54) is 7.11 Å². The second-order valence-electron chi connectivity index (χ2n) is 5.57. The molecule has 0 spiro atoms. The van der Waals surface area contributed by atoms with E-state index in [2.05, 4.69) is 10.3 Å². The Balaban J connectivity index is 1.96. The fraction of sp³-hybridized carbons (Fsp3) is 0.353. The summed E-state index contributed by atoms with van der Waals surface area (Å²) in [5, 5.41) is 3.41. The van der Waals surface area contributed by atoms with Gasteiger partial charge in [-0.1, -0.05) is 18.2 Å². The molecule has 3 rings (SSSR count). The van der Waals surface area contributed by atoms with Gasteiger partial charge >= 0.3 is 0 Å². The van der Waals surface area contributed by atoms with Gasteiger partial charge < -0.3 is 15.0 Å². The summed E-state index contributed by atoms with van der Waals surface area (Å²) in [7, 11) is 3.14. The van der Waals surface area contributed by atoms with Gasteiger partial charge in [0.15, 0.2) is 5.75 Å². The van der Waals surface area contributed by atoms with E-state index in [-0.39, 0.29) is 17.7 Å². The maximum Gasteiger partial charge on any atom is 0.258 e. The highest BCUT2D eigenvalue weighted by Crippen LogP contribution is 2.29. The van der Waals surface area contributed by atoms with Crippen molar-refractivity contribution in [3.05, 3.63) is 36.0 Å². The first-order chi connectivity index (χ1) is 11.2. The number of hydrogen-bond acceptors (Lipinski definition) is 4. The zero-order valence-corrected chi connectivity index (χ0v) is 13.2. The Bertz CT molecular complexity index is 760. The van der Waals surface area contributed by atoms with Crippen molar-refractivity contribution in [1.29, 1.82) is 0 Å². The zero-order chi connectivity index (χ0) is 16.4. The monoisotopic (exact) mass is 313 g/mol. The SMILES string of the molecule is CNC(=O)C1CCN(C(=O)c2c(OC)cnc3ccccc23)C1. The normalized spacial score (nSPS) is 17.3. The molecular weight excluding hydrogens is 294 g/mol. The summed E-state index contributed by atoms with van der Waals surface area (Å²) in [5.41, 5.74) is 1.26. The minimum Gasteiger partial charge on any atom is -0.494 e. The molecule has 2 aromatic rings. The molecule has 0 aliphatic carbocycles. The largest absolute Gasteiger partial charge is 0.494 e. The Morgan fingerprint density at radius 3 is 2.87 bits per heavy atom. The Morgan fingerprint density at radius 1 is 1.35 bits per heavy atom. The Morgan fingerprint density at radius 2 is 2.13 bits per heavy atom. The first-order valence-electron chi connectivity index (χ1n) is 7.58. The third kappa shape index (κ3) is 2.72. The molecule has 120 valence electrons. The zero-order valence-electron chi connectivity index (χ0n) is 13.2. The van der Waals surface area contributed by atoms with E-state index in [0.29, 0.717) is 30.8 Å². The van der Waals surface area contributed by atoms with Crippen molar-refractivity contribution >= 4 is 22.7 Å². The number of nitrogens with zero attached hydrogens (tertiary/aromatic N) is 2. The number of methoxy groups -OCH3 is 1. The number of nitrogens with one attached hydrogen (secondary N) is 1. The van der Waals surface area contributed by atoms with E-state index in [9.17, 15) is 9.59 Å². The summed E-state index contributed by atoms with van der Waals surface area (Å²) in [6.45, 7) is 0.995. The van der Waals surface area contributed by atoms with Crippen LogP contribution in [0.3, 0.4) is 0 Å². The quantitative estimate of drug-likeness (QED) is 0.931. The summed E-state index contributed by atoms with van der Waals surface area (Å²) in [4.78, 5) is 30.8. The fourth-order valence-electron chi connectivity index (χ4n) is 3.02. The van der Waals surface area contributed by atoms with Crippen LogP contribution in [0.2, 0.25) is 0 Å². The minimum absolute atomic E-state index is 0.0214. The second-order valence-corrected chi connectivity index (χ2v) is 5.57. The molecule has 1 aliphatic rings. The number of likely N-dealkylation sites (tertiary alicyclic amines) is 1. The molecule has 0 bridgehead atoms. The number of rotatable bonds is 3. The lowest BCUT2D eigenvalue weighted by molar-refractivity contribution is -0.124. The summed E-state index contributed by atoms with van der Waals surface area (Å²) in [6, 6.07) is 7.48. The summed E-state index contributed by atoms with van der Waals surface area (Å²) < 4.78 is 5.34. The first kappa shape index (κ1) is 15.3. The molecule has 2 amide bonds. The number of fused-ring (bicyclic) bond motifs is 1. The van der Waals surface area contributed by atoms with E-state index >= 15 is 0 Å². The molecule has 0 saturated carbocycles. The van der Waals surface area contributed by atoms with Crippen molar-refractivity contribution < 1.29 is 14.3 Å². The number of para-hydroxylation sites is 1. The highest BCUT2D eigenvalue weighted by molar-refractivity contribution is 6.08. The van der Waals surface area contributed by atoms with Crippen molar-refractivity contribution in [1.82, 2.24) is 15.2 Å². The maximum atomic E-state index is 13.0. The molecule has 1 saturated heterocycles. The van der Waals surface area contributed by atoms with Gasteiger partial charge in [0.1, 0.15) is 0 Å². The molecule has 1 fully saturated rings. The van der Waals surface area contributed by atoms with Gasteiger partial charge in [0.05, 0.1) is 30.3 Å². The van der Waals surface area contributed by atoms with Crippen LogP contribution in [-0.4, -0.2) is 48.9 Å². The van der Waals surface area contributed by atoms with Crippen molar-refractivity contribution in [3.8, 4) is 5.75 Å².